The number of benzene rings is 2. The lowest BCUT2D eigenvalue weighted by atomic mass is 10.1. The van der Waals surface area contributed by atoms with Crippen LogP contribution in [-0.2, 0) is 4.74 Å². The van der Waals surface area contributed by atoms with E-state index in [-0.39, 0.29) is 5.91 Å². The largest absolute Gasteiger partial charge is 0.465 e. The van der Waals surface area contributed by atoms with Crippen molar-refractivity contribution in [3.63, 3.8) is 0 Å². The maximum atomic E-state index is 12.3. The summed E-state index contributed by atoms with van der Waals surface area (Å²) >= 11 is 0. The number of nitrogens with one attached hydrogen (secondary N) is 1. The molecule has 0 saturated heterocycles. The van der Waals surface area contributed by atoms with Crippen molar-refractivity contribution in [3.8, 4) is 0 Å². The Morgan fingerprint density at radius 2 is 1.62 bits per heavy atom. The predicted octanol–water partition coefficient (Wildman–Crippen LogP) is 3.34. The van der Waals surface area contributed by atoms with Crippen molar-refractivity contribution in [2.24, 2.45) is 0 Å². The molecule has 0 aliphatic rings. The average molecular weight is 283 g/mol. The first kappa shape index (κ1) is 14.8. The smallest absolute Gasteiger partial charge is 0.339 e. The number of rotatable bonds is 3. The number of esters is 1. The number of methoxy groups -OCH3 is 1. The highest BCUT2D eigenvalue weighted by Crippen LogP contribution is 2.18. The Hall–Kier alpha value is -2.62. The molecular weight excluding hydrogens is 266 g/mol. The molecule has 2 aromatic rings. The van der Waals surface area contributed by atoms with Gasteiger partial charge in [0.2, 0.25) is 0 Å². The molecule has 1 N–H and O–H groups in total. The zero-order valence-electron chi connectivity index (χ0n) is 12.3. The molecule has 0 heterocycles. The van der Waals surface area contributed by atoms with Gasteiger partial charge >= 0.3 is 5.97 Å². The van der Waals surface area contributed by atoms with E-state index in [1.54, 1.807) is 24.3 Å². The number of amides is 1. The van der Waals surface area contributed by atoms with Gasteiger partial charge in [-0.05, 0) is 38.1 Å². The van der Waals surface area contributed by atoms with Gasteiger partial charge in [-0.2, -0.15) is 0 Å². The summed E-state index contributed by atoms with van der Waals surface area (Å²) in [5, 5.41) is 2.76. The zero-order chi connectivity index (χ0) is 15.4. The summed E-state index contributed by atoms with van der Waals surface area (Å²) in [6, 6.07) is 12.4. The molecule has 0 spiro atoms. The van der Waals surface area contributed by atoms with Gasteiger partial charge in [-0.3, -0.25) is 4.79 Å². The van der Waals surface area contributed by atoms with Crippen molar-refractivity contribution in [1.29, 1.82) is 0 Å². The molecule has 1 amide bonds. The molecule has 0 bridgehead atoms. The van der Waals surface area contributed by atoms with Crippen LogP contribution in [0.3, 0.4) is 0 Å². The monoisotopic (exact) mass is 283 g/mol. The molecule has 0 unspecified atom stereocenters. The molecule has 0 saturated carbocycles. The zero-order valence-corrected chi connectivity index (χ0v) is 12.3. The fraction of sp³-hybridized carbons (Fsp3) is 0.176. The number of ether oxygens (including phenoxy) is 1. The van der Waals surface area contributed by atoms with E-state index in [1.807, 2.05) is 32.0 Å². The second kappa shape index (κ2) is 6.22. The van der Waals surface area contributed by atoms with Gasteiger partial charge in [0.1, 0.15) is 0 Å². The Balaban J connectivity index is 2.30. The Morgan fingerprint density at radius 1 is 1.00 bits per heavy atom. The third-order valence-corrected chi connectivity index (χ3v) is 3.06. The highest BCUT2D eigenvalue weighted by Gasteiger charge is 2.14. The second-order valence-corrected chi connectivity index (χ2v) is 4.87. The third-order valence-electron chi connectivity index (χ3n) is 3.06. The molecule has 0 atom stereocenters. The second-order valence-electron chi connectivity index (χ2n) is 4.87. The van der Waals surface area contributed by atoms with Gasteiger partial charge in [0, 0.05) is 5.56 Å². The standard InChI is InChI=1S/C17H17NO3/c1-11-8-12(2)10-13(9-11)16(19)18-15-7-5-4-6-14(15)17(20)21-3/h4-10H,1-3H3,(H,18,19). The molecule has 2 aromatic carbocycles. The first-order valence-corrected chi connectivity index (χ1v) is 6.58. The van der Waals surface area contributed by atoms with E-state index in [1.165, 1.54) is 7.11 Å². The number of carbonyl (C=O) groups excluding carboxylic acids is 2. The molecule has 4 heteroatoms. The van der Waals surface area contributed by atoms with Crippen LogP contribution >= 0.6 is 0 Å². The van der Waals surface area contributed by atoms with Crippen LogP contribution in [0.2, 0.25) is 0 Å². The summed E-state index contributed by atoms with van der Waals surface area (Å²) in [5.74, 6) is -0.732. The minimum absolute atomic E-state index is 0.252. The molecule has 0 radical (unpaired) electrons. The van der Waals surface area contributed by atoms with Crippen LogP contribution in [-0.4, -0.2) is 19.0 Å². The lowest BCUT2D eigenvalue weighted by molar-refractivity contribution is 0.0602. The normalized spacial score (nSPS) is 10.0. The first-order valence-electron chi connectivity index (χ1n) is 6.58. The van der Waals surface area contributed by atoms with Crippen LogP contribution < -0.4 is 5.32 Å². The molecule has 4 nitrogen and oxygen atoms in total. The van der Waals surface area contributed by atoms with Crippen LogP contribution in [0.25, 0.3) is 0 Å². The van der Waals surface area contributed by atoms with Gasteiger partial charge in [0.05, 0.1) is 18.4 Å². The van der Waals surface area contributed by atoms with E-state index in [9.17, 15) is 9.59 Å². The summed E-state index contributed by atoms with van der Waals surface area (Å²) in [4.78, 5) is 24.0. The Morgan fingerprint density at radius 3 is 2.24 bits per heavy atom. The SMILES string of the molecule is COC(=O)c1ccccc1NC(=O)c1cc(C)cc(C)c1. The summed E-state index contributed by atoms with van der Waals surface area (Å²) in [6.07, 6.45) is 0. The topological polar surface area (TPSA) is 55.4 Å². The molecular formula is C17H17NO3. The Bertz CT molecular complexity index is 672. The number of aryl methyl sites for hydroxylation is 2. The Labute approximate surface area is 123 Å². The summed E-state index contributed by atoms with van der Waals surface area (Å²) in [5.41, 5.74) is 3.36. The van der Waals surface area contributed by atoms with E-state index in [0.717, 1.165) is 11.1 Å². The lowest BCUT2D eigenvalue weighted by Crippen LogP contribution is -2.15. The molecule has 108 valence electrons. The van der Waals surface area contributed by atoms with E-state index in [4.69, 9.17) is 4.74 Å². The fourth-order valence-corrected chi connectivity index (χ4v) is 2.18. The third kappa shape index (κ3) is 3.48. The molecule has 0 aliphatic carbocycles. The predicted molar refractivity (Wildman–Crippen MR) is 81.7 cm³/mol. The summed E-state index contributed by atoms with van der Waals surface area (Å²) < 4.78 is 4.71. The maximum Gasteiger partial charge on any atom is 0.339 e. The van der Waals surface area contributed by atoms with Crippen LogP contribution in [0.1, 0.15) is 31.8 Å². The van der Waals surface area contributed by atoms with Gasteiger partial charge in [-0.1, -0.05) is 29.3 Å². The first-order chi connectivity index (χ1) is 10.0. The van der Waals surface area contributed by atoms with E-state index in [0.29, 0.717) is 16.8 Å². The minimum Gasteiger partial charge on any atom is -0.465 e. The van der Waals surface area contributed by atoms with Crippen molar-refractivity contribution in [2.45, 2.75) is 13.8 Å². The fourth-order valence-electron chi connectivity index (χ4n) is 2.18. The van der Waals surface area contributed by atoms with Crippen molar-refractivity contribution in [1.82, 2.24) is 0 Å². The van der Waals surface area contributed by atoms with Crippen molar-refractivity contribution in [3.05, 3.63) is 64.7 Å². The molecule has 0 aromatic heterocycles. The van der Waals surface area contributed by atoms with E-state index < -0.39 is 5.97 Å². The van der Waals surface area contributed by atoms with Gasteiger partial charge in [-0.15, -0.1) is 0 Å². The lowest BCUT2D eigenvalue weighted by Gasteiger charge is -2.10. The molecule has 21 heavy (non-hydrogen) atoms. The van der Waals surface area contributed by atoms with Gasteiger partial charge in [0.15, 0.2) is 0 Å². The molecule has 2 rings (SSSR count). The molecule has 0 aliphatic heterocycles. The Kier molecular flexibility index (Phi) is 4.38. The quantitative estimate of drug-likeness (QED) is 0.879. The van der Waals surface area contributed by atoms with Crippen LogP contribution in [0.4, 0.5) is 5.69 Å². The maximum absolute atomic E-state index is 12.3. The molecule has 0 fully saturated rings. The minimum atomic E-state index is -0.480. The number of carbonyl (C=O) groups is 2. The van der Waals surface area contributed by atoms with Crippen LogP contribution in [0.5, 0.6) is 0 Å². The van der Waals surface area contributed by atoms with Crippen molar-refractivity contribution in [2.75, 3.05) is 12.4 Å². The number of para-hydroxylation sites is 1. The number of anilines is 1. The van der Waals surface area contributed by atoms with Gasteiger partial charge in [0.25, 0.3) is 5.91 Å². The van der Waals surface area contributed by atoms with Crippen LogP contribution in [0.15, 0.2) is 42.5 Å². The van der Waals surface area contributed by atoms with E-state index >= 15 is 0 Å². The highest BCUT2D eigenvalue weighted by molar-refractivity contribution is 6.08. The van der Waals surface area contributed by atoms with E-state index in [2.05, 4.69) is 5.32 Å². The van der Waals surface area contributed by atoms with Crippen molar-refractivity contribution >= 4 is 17.6 Å². The van der Waals surface area contributed by atoms with Crippen molar-refractivity contribution < 1.29 is 14.3 Å². The van der Waals surface area contributed by atoms with Gasteiger partial charge < -0.3 is 10.1 Å². The summed E-state index contributed by atoms with van der Waals surface area (Å²) in [7, 11) is 1.31. The number of hydrogen-bond acceptors (Lipinski definition) is 3. The van der Waals surface area contributed by atoms with Gasteiger partial charge in [-0.25, -0.2) is 4.79 Å². The number of hydrogen-bond donors (Lipinski definition) is 1. The van der Waals surface area contributed by atoms with Crippen LogP contribution in [0, 0.1) is 13.8 Å². The summed E-state index contributed by atoms with van der Waals surface area (Å²) in [6.45, 7) is 3.87. The average Bonchev–Trinajstić information content (AvgIpc) is 2.46. The highest BCUT2D eigenvalue weighted by atomic mass is 16.5.